The summed E-state index contributed by atoms with van der Waals surface area (Å²) in [6.45, 7) is 0.895. The number of nitrogens with zero attached hydrogens (tertiary/aromatic N) is 2. The maximum atomic E-state index is 13.0. The Balaban J connectivity index is 1.94. The summed E-state index contributed by atoms with van der Waals surface area (Å²) in [4.78, 5) is 28.3. The lowest BCUT2D eigenvalue weighted by atomic mass is 10.2. The molecule has 0 radical (unpaired) electrons. The molecule has 1 aliphatic heterocycles. The predicted octanol–water partition coefficient (Wildman–Crippen LogP) is 4.33. The molecule has 0 spiro atoms. The Bertz CT molecular complexity index is 781. The smallest absolute Gasteiger partial charge is 0.259 e. The number of hydrogen-bond acceptors (Lipinski definition) is 2. The van der Waals surface area contributed by atoms with E-state index in [0.29, 0.717) is 29.2 Å². The first-order chi connectivity index (χ1) is 11.5. The van der Waals surface area contributed by atoms with E-state index in [4.69, 9.17) is 11.6 Å². The quantitative estimate of drug-likeness (QED) is 0.757. The lowest BCUT2D eigenvalue weighted by Gasteiger charge is -2.28. The molecule has 0 unspecified atom stereocenters. The van der Waals surface area contributed by atoms with E-state index in [2.05, 4.69) is 15.9 Å². The number of halogens is 2. The van der Waals surface area contributed by atoms with Crippen molar-refractivity contribution in [3.05, 3.63) is 63.6 Å². The van der Waals surface area contributed by atoms with Gasteiger partial charge in [0.25, 0.3) is 5.91 Å². The molecule has 2 aromatic rings. The van der Waals surface area contributed by atoms with E-state index in [1.807, 2.05) is 18.2 Å². The maximum Gasteiger partial charge on any atom is 0.259 e. The van der Waals surface area contributed by atoms with E-state index in [0.717, 1.165) is 10.9 Å². The highest BCUT2D eigenvalue weighted by molar-refractivity contribution is 9.10. The Labute approximate surface area is 154 Å². The highest BCUT2D eigenvalue weighted by Crippen LogP contribution is 2.24. The fourth-order valence-electron chi connectivity index (χ4n) is 2.71. The van der Waals surface area contributed by atoms with Crippen LogP contribution in [0.2, 0.25) is 5.02 Å². The highest BCUT2D eigenvalue weighted by Gasteiger charge is 2.26. The second kappa shape index (κ2) is 7.36. The van der Waals surface area contributed by atoms with Crippen molar-refractivity contribution in [1.82, 2.24) is 4.90 Å². The number of hydrogen-bond donors (Lipinski definition) is 0. The van der Waals surface area contributed by atoms with Crippen molar-refractivity contribution < 1.29 is 9.59 Å². The van der Waals surface area contributed by atoms with Gasteiger partial charge in [0.2, 0.25) is 5.91 Å². The van der Waals surface area contributed by atoms with Crippen LogP contribution in [0.5, 0.6) is 0 Å². The second-order valence-corrected chi connectivity index (χ2v) is 6.98. The van der Waals surface area contributed by atoms with Crippen LogP contribution in [0.1, 0.15) is 23.2 Å². The molecular formula is C18H16BrClN2O2. The van der Waals surface area contributed by atoms with Gasteiger partial charge >= 0.3 is 0 Å². The van der Waals surface area contributed by atoms with Gasteiger partial charge in [-0.1, -0.05) is 39.7 Å². The van der Waals surface area contributed by atoms with Crippen molar-refractivity contribution in [2.75, 3.05) is 18.1 Å². The molecule has 1 heterocycles. The number of carbonyl (C=O) groups excluding carboxylic acids is 2. The van der Waals surface area contributed by atoms with Crippen LogP contribution in [-0.2, 0) is 4.79 Å². The van der Waals surface area contributed by atoms with E-state index in [1.165, 1.54) is 0 Å². The molecule has 6 heteroatoms. The summed E-state index contributed by atoms with van der Waals surface area (Å²) in [5.74, 6) is -0.0951. The molecule has 0 bridgehead atoms. The summed E-state index contributed by atoms with van der Waals surface area (Å²) in [5, 5.41) is 0.548. The fraction of sp³-hybridized carbons (Fsp3) is 0.222. The number of amides is 2. The van der Waals surface area contributed by atoms with Gasteiger partial charge in [-0.25, -0.2) is 0 Å². The van der Waals surface area contributed by atoms with Crippen LogP contribution < -0.4 is 4.90 Å². The number of carbonyl (C=O) groups is 2. The molecule has 4 nitrogen and oxygen atoms in total. The van der Waals surface area contributed by atoms with Gasteiger partial charge in [-0.15, -0.1) is 0 Å². The molecule has 0 aromatic heterocycles. The number of benzene rings is 2. The normalized spacial score (nSPS) is 14.1. The second-order valence-electron chi connectivity index (χ2n) is 5.63. The van der Waals surface area contributed by atoms with E-state index in [1.54, 1.807) is 40.1 Å². The minimum atomic E-state index is -0.168. The molecule has 0 N–H and O–H groups in total. The number of likely N-dealkylation sites (tertiary alicyclic amines) is 1. The average Bonchev–Trinajstić information content (AvgIpc) is 2.97. The summed E-state index contributed by atoms with van der Waals surface area (Å²) >= 11 is 9.47. The van der Waals surface area contributed by atoms with Gasteiger partial charge in [0.15, 0.2) is 0 Å². The van der Waals surface area contributed by atoms with Crippen molar-refractivity contribution in [1.29, 1.82) is 0 Å². The number of rotatable bonds is 4. The van der Waals surface area contributed by atoms with Crippen molar-refractivity contribution in [2.24, 2.45) is 0 Å². The lowest BCUT2D eigenvalue weighted by Crippen LogP contribution is -2.42. The lowest BCUT2D eigenvalue weighted by molar-refractivity contribution is -0.127. The standard InChI is InChI=1S/C18H16BrClN2O2/c19-14-5-1-4-13(10-14)18(24)22(12-21-9-3-8-17(21)23)16-7-2-6-15(20)11-16/h1-2,4-7,10-11H,3,8-9,12H2. The van der Waals surface area contributed by atoms with Crippen LogP contribution in [-0.4, -0.2) is 29.9 Å². The van der Waals surface area contributed by atoms with Crippen molar-refractivity contribution in [2.45, 2.75) is 12.8 Å². The summed E-state index contributed by atoms with van der Waals surface area (Å²) in [6, 6.07) is 14.3. The van der Waals surface area contributed by atoms with Crippen molar-refractivity contribution >= 4 is 45.0 Å². The van der Waals surface area contributed by atoms with Crippen LogP contribution in [0.15, 0.2) is 53.0 Å². The van der Waals surface area contributed by atoms with Crippen LogP contribution in [0.3, 0.4) is 0 Å². The van der Waals surface area contributed by atoms with Crippen LogP contribution in [0.4, 0.5) is 5.69 Å². The monoisotopic (exact) mass is 406 g/mol. The zero-order valence-corrected chi connectivity index (χ0v) is 15.3. The Hall–Kier alpha value is -1.85. The minimum absolute atomic E-state index is 0.0732. The molecule has 0 aliphatic carbocycles. The zero-order chi connectivity index (χ0) is 17.1. The van der Waals surface area contributed by atoms with Gasteiger partial charge in [0, 0.05) is 33.7 Å². The van der Waals surface area contributed by atoms with Gasteiger partial charge in [-0.05, 0) is 42.8 Å². The molecule has 0 atom stereocenters. The van der Waals surface area contributed by atoms with Crippen LogP contribution in [0.25, 0.3) is 0 Å². The first-order valence-corrected chi connectivity index (χ1v) is 8.82. The molecule has 2 aromatic carbocycles. The molecule has 24 heavy (non-hydrogen) atoms. The molecular weight excluding hydrogens is 392 g/mol. The number of anilines is 1. The highest BCUT2D eigenvalue weighted by atomic mass is 79.9. The Kier molecular flexibility index (Phi) is 5.21. The van der Waals surface area contributed by atoms with Crippen LogP contribution in [0, 0.1) is 0 Å². The van der Waals surface area contributed by atoms with E-state index >= 15 is 0 Å². The summed E-state index contributed by atoms with van der Waals surface area (Å²) in [5.41, 5.74) is 1.23. The SMILES string of the molecule is O=C1CCCN1CN(C(=O)c1cccc(Br)c1)c1cccc(Cl)c1. The Morgan fingerprint density at radius 2 is 2.00 bits per heavy atom. The fourth-order valence-corrected chi connectivity index (χ4v) is 3.29. The third kappa shape index (κ3) is 3.79. The molecule has 124 valence electrons. The molecule has 1 aliphatic rings. The maximum absolute atomic E-state index is 13.0. The van der Waals surface area contributed by atoms with Gasteiger partial charge in [-0.3, -0.25) is 14.5 Å². The summed E-state index contributed by atoms with van der Waals surface area (Å²) in [6.07, 6.45) is 1.36. The Morgan fingerprint density at radius 3 is 2.67 bits per heavy atom. The third-order valence-electron chi connectivity index (χ3n) is 3.92. The van der Waals surface area contributed by atoms with E-state index in [9.17, 15) is 9.59 Å². The summed E-state index contributed by atoms with van der Waals surface area (Å²) < 4.78 is 0.830. The zero-order valence-electron chi connectivity index (χ0n) is 12.9. The minimum Gasteiger partial charge on any atom is -0.324 e. The third-order valence-corrected chi connectivity index (χ3v) is 4.65. The molecule has 3 rings (SSSR count). The van der Waals surface area contributed by atoms with E-state index < -0.39 is 0 Å². The molecule has 1 fully saturated rings. The summed E-state index contributed by atoms with van der Waals surface area (Å²) in [7, 11) is 0. The first-order valence-electron chi connectivity index (χ1n) is 7.65. The first kappa shape index (κ1) is 17.0. The van der Waals surface area contributed by atoms with Gasteiger partial charge in [0.05, 0.1) is 0 Å². The largest absolute Gasteiger partial charge is 0.324 e. The van der Waals surface area contributed by atoms with Gasteiger partial charge in [0.1, 0.15) is 6.67 Å². The van der Waals surface area contributed by atoms with Crippen LogP contribution >= 0.6 is 27.5 Å². The predicted molar refractivity (Wildman–Crippen MR) is 98.2 cm³/mol. The Morgan fingerprint density at radius 1 is 1.21 bits per heavy atom. The molecule has 0 saturated carbocycles. The topological polar surface area (TPSA) is 40.6 Å². The molecule has 1 saturated heterocycles. The van der Waals surface area contributed by atoms with E-state index in [-0.39, 0.29) is 18.5 Å². The van der Waals surface area contributed by atoms with Crippen molar-refractivity contribution in [3.8, 4) is 0 Å². The van der Waals surface area contributed by atoms with Gasteiger partial charge in [-0.2, -0.15) is 0 Å². The average molecular weight is 408 g/mol. The van der Waals surface area contributed by atoms with Crippen molar-refractivity contribution in [3.63, 3.8) is 0 Å². The molecule has 2 amide bonds. The van der Waals surface area contributed by atoms with Gasteiger partial charge < -0.3 is 4.90 Å².